The second kappa shape index (κ2) is 7.79. The number of aromatic nitrogens is 1. The van der Waals surface area contributed by atoms with Gasteiger partial charge in [0.05, 0.1) is 12.1 Å². The summed E-state index contributed by atoms with van der Waals surface area (Å²) in [6.45, 7) is 2.61. The van der Waals surface area contributed by atoms with E-state index in [0.29, 0.717) is 17.9 Å². The van der Waals surface area contributed by atoms with Crippen molar-refractivity contribution in [2.24, 2.45) is 0 Å². The average molecular weight is 294 g/mol. The molecule has 112 valence electrons. The van der Waals surface area contributed by atoms with Gasteiger partial charge in [-0.2, -0.15) is 5.26 Å². The monoisotopic (exact) mass is 294 g/mol. The summed E-state index contributed by atoms with van der Waals surface area (Å²) >= 11 is 0. The van der Waals surface area contributed by atoms with Gasteiger partial charge in [-0.3, -0.25) is 4.79 Å². The van der Waals surface area contributed by atoms with Crippen LogP contribution in [0.3, 0.4) is 0 Å². The number of carbonyl (C=O) groups is 1. The minimum absolute atomic E-state index is 0.0820. The minimum Gasteiger partial charge on any atom is -0.361 e. The smallest absolute Gasteiger partial charge is 0.239 e. The molecule has 0 aliphatic rings. The van der Waals surface area contributed by atoms with E-state index in [0.717, 1.165) is 12.0 Å². The summed E-state index contributed by atoms with van der Waals surface area (Å²) in [6, 6.07) is 13.8. The Balaban J connectivity index is 1.75. The standard InChI is InChI=1S/C17H18N4O/c1-13-9-15(10-18)11-20-17(13)21-12-16(22)19-8-7-14-5-3-2-4-6-14/h2-6,9,11H,7-8,12H2,1H3,(H,19,22)(H,20,21). The summed E-state index contributed by atoms with van der Waals surface area (Å²) in [6.07, 6.45) is 2.30. The third kappa shape index (κ3) is 4.60. The van der Waals surface area contributed by atoms with Crippen molar-refractivity contribution in [2.75, 3.05) is 18.4 Å². The van der Waals surface area contributed by atoms with E-state index in [4.69, 9.17) is 5.26 Å². The second-order valence-electron chi connectivity index (χ2n) is 4.94. The van der Waals surface area contributed by atoms with Crippen molar-refractivity contribution in [2.45, 2.75) is 13.3 Å². The van der Waals surface area contributed by atoms with E-state index in [2.05, 4.69) is 15.6 Å². The highest BCUT2D eigenvalue weighted by Gasteiger charge is 2.04. The molecule has 0 radical (unpaired) electrons. The molecule has 2 rings (SSSR count). The third-order valence-corrected chi connectivity index (χ3v) is 3.20. The molecule has 2 aromatic rings. The van der Waals surface area contributed by atoms with Crippen LogP contribution in [-0.2, 0) is 11.2 Å². The molecule has 5 heteroatoms. The molecular weight excluding hydrogens is 276 g/mol. The number of pyridine rings is 1. The van der Waals surface area contributed by atoms with Gasteiger partial charge in [-0.1, -0.05) is 30.3 Å². The van der Waals surface area contributed by atoms with Crippen molar-refractivity contribution in [3.05, 3.63) is 59.3 Å². The Morgan fingerprint density at radius 2 is 2.09 bits per heavy atom. The lowest BCUT2D eigenvalue weighted by molar-refractivity contribution is -0.119. The van der Waals surface area contributed by atoms with Gasteiger partial charge in [0.1, 0.15) is 11.9 Å². The molecule has 0 aliphatic carbocycles. The van der Waals surface area contributed by atoms with E-state index in [1.54, 1.807) is 6.07 Å². The first-order valence-corrected chi connectivity index (χ1v) is 7.10. The summed E-state index contributed by atoms with van der Waals surface area (Å²) in [5.74, 6) is 0.540. The molecule has 0 aliphatic heterocycles. The summed E-state index contributed by atoms with van der Waals surface area (Å²) in [5, 5.41) is 14.6. The van der Waals surface area contributed by atoms with Gasteiger partial charge in [-0.15, -0.1) is 0 Å². The fourth-order valence-corrected chi connectivity index (χ4v) is 2.04. The van der Waals surface area contributed by atoms with E-state index in [-0.39, 0.29) is 12.5 Å². The molecule has 0 spiro atoms. The van der Waals surface area contributed by atoms with E-state index in [9.17, 15) is 4.79 Å². The Bertz CT molecular complexity index is 677. The molecule has 0 saturated heterocycles. The number of nitrogens with one attached hydrogen (secondary N) is 2. The van der Waals surface area contributed by atoms with Gasteiger partial charge in [0.25, 0.3) is 0 Å². The fourth-order valence-electron chi connectivity index (χ4n) is 2.04. The van der Waals surface area contributed by atoms with Crippen LogP contribution >= 0.6 is 0 Å². The first-order valence-electron chi connectivity index (χ1n) is 7.10. The highest BCUT2D eigenvalue weighted by Crippen LogP contribution is 2.11. The van der Waals surface area contributed by atoms with Crippen molar-refractivity contribution in [3.8, 4) is 6.07 Å². The molecule has 0 fully saturated rings. The van der Waals surface area contributed by atoms with Crippen LogP contribution in [0.25, 0.3) is 0 Å². The van der Waals surface area contributed by atoms with Gasteiger partial charge in [-0.25, -0.2) is 4.98 Å². The van der Waals surface area contributed by atoms with Crippen LogP contribution in [0.1, 0.15) is 16.7 Å². The Morgan fingerprint density at radius 1 is 1.32 bits per heavy atom. The number of anilines is 1. The van der Waals surface area contributed by atoms with Crippen molar-refractivity contribution in [1.82, 2.24) is 10.3 Å². The van der Waals surface area contributed by atoms with Crippen LogP contribution in [0.2, 0.25) is 0 Å². The predicted molar refractivity (Wildman–Crippen MR) is 85.3 cm³/mol. The number of benzene rings is 1. The fraction of sp³-hybridized carbons (Fsp3) is 0.235. The lowest BCUT2D eigenvalue weighted by Crippen LogP contribution is -2.31. The Morgan fingerprint density at radius 3 is 2.77 bits per heavy atom. The van der Waals surface area contributed by atoms with Gasteiger partial charge in [0.2, 0.25) is 5.91 Å². The molecule has 5 nitrogen and oxygen atoms in total. The van der Waals surface area contributed by atoms with Crippen LogP contribution in [0, 0.1) is 18.3 Å². The van der Waals surface area contributed by atoms with Crippen molar-refractivity contribution in [1.29, 1.82) is 5.26 Å². The van der Waals surface area contributed by atoms with Gasteiger partial charge < -0.3 is 10.6 Å². The Hall–Kier alpha value is -2.87. The van der Waals surface area contributed by atoms with Crippen molar-refractivity contribution >= 4 is 11.7 Å². The second-order valence-corrected chi connectivity index (χ2v) is 4.94. The van der Waals surface area contributed by atoms with E-state index < -0.39 is 0 Å². The van der Waals surface area contributed by atoms with E-state index in [1.807, 2.05) is 43.3 Å². The van der Waals surface area contributed by atoms with Crippen LogP contribution < -0.4 is 10.6 Å². The Kier molecular flexibility index (Phi) is 5.50. The molecule has 22 heavy (non-hydrogen) atoms. The van der Waals surface area contributed by atoms with Gasteiger partial charge in [-0.05, 0) is 30.5 Å². The van der Waals surface area contributed by atoms with E-state index in [1.165, 1.54) is 11.8 Å². The molecule has 0 unspecified atom stereocenters. The normalized spacial score (nSPS) is 9.82. The molecule has 2 N–H and O–H groups in total. The molecule has 0 bridgehead atoms. The van der Waals surface area contributed by atoms with Crippen LogP contribution in [0.15, 0.2) is 42.6 Å². The van der Waals surface area contributed by atoms with Gasteiger partial charge in [0, 0.05) is 12.7 Å². The maximum absolute atomic E-state index is 11.8. The van der Waals surface area contributed by atoms with Crippen LogP contribution in [0.4, 0.5) is 5.82 Å². The number of carbonyl (C=O) groups excluding carboxylic acids is 1. The van der Waals surface area contributed by atoms with Gasteiger partial charge in [0.15, 0.2) is 0 Å². The first kappa shape index (κ1) is 15.5. The number of hydrogen-bond acceptors (Lipinski definition) is 4. The minimum atomic E-state index is -0.0820. The molecule has 1 amide bonds. The number of aryl methyl sites for hydroxylation is 1. The quantitative estimate of drug-likeness (QED) is 0.854. The van der Waals surface area contributed by atoms with E-state index >= 15 is 0 Å². The maximum atomic E-state index is 11.8. The summed E-state index contributed by atoms with van der Waals surface area (Å²) in [7, 11) is 0. The highest BCUT2D eigenvalue weighted by atomic mass is 16.1. The van der Waals surface area contributed by atoms with Crippen LogP contribution in [-0.4, -0.2) is 24.0 Å². The predicted octanol–water partition coefficient (Wildman–Crippen LogP) is 2.03. The van der Waals surface area contributed by atoms with Gasteiger partial charge >= 0.3 is 0 Å². The lowest BCUT2D eigenvalue weighted by Gasteiger charge is -2.09. The molecule has 0 saturated carbocycles. The summed E-state index contributed by atoms with van der Waals surface area (Å²) in [4.78, 5) is 15.9. The third-order valence-electron chi connectivity index (χ3n) is 3.20. The zero-order valence-corrected chi connectivity index (χ0v) is 12.5. The lowest BCUT2D eigenvalue weighted by atomic mass is 10.1. The number of nitrogens with zero attached hydrogens (tertiary/aromatic N) is 2. The number of hydrogen-bond donors (Lipinski definition) is 2. The highest BCUT2D eigenvalue weighted by molar-refractivity contribution is 5.80. The molecule has 0 atom stereocenters. The van der Waals surface area contributed by atoms with Crippen molar-refractivity contribution in [3.63, 3.8) is 0 Å². The largest absolute Gasteiger partial charge is 0.361 e. The summed E-state index contributed by atoms with van der Waals surface area (Å²) < 4.78 is 0. The van der Waals surface area contributed by atoms with Crippen molar-refractivity contribution < 1.29 is 4.79 Å². The number of nitriles is 1. The molecule has 1 aromatic heterocycles. The zero-order valence-electron chi connectivity index (χ0n) is 12.5. The number of amides is 1. The average Bonchev–Trinajstić information content (AvgIpc) is 2.54. The maximum Gasteiger partial charge on any atom is 0.239 e. The summed E-state index contributed by atoms with van der Waals surface area (Å²) in [5.41, 5.74) is 2.55. The van der Waals surface area contributed by atoms with Crippen LogP contribution in [0.5, 0.6) is 0 Å². The topological polar surface area (TPSA) is 77.8 Å². The molecule has 1 heterocycles. The zero-order chi connectivity index (χ0) is 15.8. The first-order chi connectivity index (χ1) is 10.7. The Labute approximate surface area is 130 Å². The molecular formula is C17H18N4O. The SMILES string of the molecule is Cc1cc(C#N)cnc1NCC(=O)NCCc1ccccc1. The number of rotatable bonds is 6. The molecule has 1 aromatic carbocycles.